The zero-order valence-electron chi connectivity index (χ0n) is 17.7. The molecule has 0 bridgehead atoms. The summed E-state index contributed by atoms with van der Waals surface area (Å²) in [7, 11) is 1.28. The number of methoxy groups -OCH3 is 1. The van der Waals surface area contributed by atoms with Crippen LogP contribution in [0.2, 0.25) is 0 Å². The van der Waals surface area contributed by atoms with E-state index in [9.17, 15) is 24.6 Å². The molecule has 0 spiro atoms. The van der Waals surface area contributed by atoms with E-state index in [0.717, 1.165) is 11.1 Å². The van der Waals surface area contributed by atoms with Gasteiger partial charge in [0.05, 0.1) is 24.1 Å². The molecule has 0 saturated carbocycles. The van der Waals surface area contributed by atoms with Gasteiger partial charge in [0, 0.05) is 38.3 Å². The summed E-state index contributed by atoms with van der Waals surface area (Å²) >= 11 is 0. The highest BCUT2D eigenvalue weighted by atomic mass is 16.6. The Morgan fingerprint density at radius 2 is 1.88 bits per heavy atom. The van der Waals surface area contributed by atoms with Gasteiger partial charge in [-0.15, -0.1) is 4.91 Å². The lowest BCUT2D eigenvalue weighted by molar-refractivity contribution is -0.384. The molecule has 3 rings (SSSR count). The summed E-state index contributed by atoms with van der Waals surface area (Å²) in [6.45, 7) is 2.70. The summed E-state index contributed by atoms with van der Waals surface area (Å²) in [5.41, 5.74) is 2.18. The SMILES string of the molecule is COC(=O)c1cc(N=O)ccc1CCN1CCN(CCc2ccc([N+](=O)[O-])cc2)C(=O)C1. The van der Waals surface area contributed by atoms with Crippen LogP contribution < -0.4 is 0 Å². The van der Waals surface area contributed by atoms with Crippen LogP contribution in [0.3, 0.4) is 0 Å². The van der Waals surface area contributed by atoms with Gasteiger partial charge in [0.15, 0.2) is 0 Å². The van der Waals surface area contributed by atoms with Gasteiger partial charge in [-0.05, 0) is 41.3 Å². The number of benzene rings is 2. The first-order chi connectivity index (χ1) is 15.4. The molecule has 1 saturated heterocycles. The van der Waals surface area contributed by atoms with Gasteiger partial charge in [-0.1, -0.05) is 18.2 Å². The van der Waals surface area contributed by atoms with E-state index in [1.807, 2.05) is 4.90 Å². The average Bonchev–Trinajstić information content (AvgIpc) is 2.81. The molecular weight excluding hydrogens is 416 g/mol. The first-order valence-electron chi connectivity index (χ1n) is 10.2. The molecule has 0 radical (unpaired) electrons. The summed E-state index contributed by atoms with van der Waals surface area (Å²) in [4.78, 5) is 49.5. The molecule has 0 aliphatic carbocycles. The van der Waals surface area contributed by atoms with Crippen LogP contribution in [-0.4, -0.2) is 66.4 Å². The number of piperazine rings is 1. The zero-order valence-corrected chi connectivity index (χ0v) is 17.7. The number of hydrogen-bond donors (Lipinski definition) is 0. The number of non-ortho nitro benzene ring substituents is 1. The summed E-state index contributed by atoms with van der Waals surface area (Å²) in [6, 6.07) is 11.0. The second kappa shape index (κ2) is 10.6. The standard InChI is InChI=1S/C22H24N4O6/c1-32-22(28)20-14-18(23-29)5-4-17(20)9-10-24-12-13-25(21(27)15-24)11-8-16-2-6-19(7-3-16)26(30)31/h2-7,14H,8-13,15H2,1H3. The Morgan fingerprint density at radius 3 is 2.50 bits per heavy atom. The minimum atomic E-state index is -0.530. The molecule has 32 heavy (non-hydrogen) atoms. The molecule has 0 aromatic heterocycles. The first-order valence-corrected chi connectivity index (χ1v) is 10.2. The van der Waals surface area contributed by atoms with Crippen molar-refractivity contribution in [3.05, 3.63) is 74.2 Å². The van der Waals surface area contributed by atoms with E-state index in [-0.39, 0.29) is 23.8 Å². The van der Waals surface area contributed by atoms with Crippen molar-refractivity contribution in [1.29, 1.82) is 0 Å². The summed E-state index contributed by atoms with van der Waals surface area (Å²) in [6.07, 6.45) is 1.16. The van der Waals surface area contributed by atoms with Crippen molar-refractivity contribution in [2.45, 2.75) is 12.8 Å². The predicted octanol–water partition coefficient (Wildman–Crippen LogP) is 2.71. The number of nitroso groups, excluding NO2 is 1. The van der Waals surface area contributed by atoms with Crippen molar-refractivity contribution in [2.75, 3.05) is 39.8 Å². The second-order valence-electron chi connectivity index (χ2n) is 7.50. The van der Waals surface area contributed by atoms with Crippen molar-refractivity contribution in [2.24, 2.45) is 5.18 Å². The fraction of sp³-hybridized carbons (Fsp3) is 0.364. The van der Waals surface area contributed by atoms with Crippen molar-refractivity contribution in [1.82, 2.24) is 9.80 Å². The number of amides is 1. The second-order valence-corrected chi connectivity index (χ2v) is 7.50. The Hall–Kier alpha value is -3.66. The van der Waals surface area contributed by atoms with Crippen molar-refractivity contribution in [3.63, 3.8) is 0 Å². The van der Waals surface area contributed by atoms with Crippen LogP contribution in [0, 0.1) is 15.0 Å². The van der Waals surface area contributed by atoms with Crippen LogP contribution in [0.4, 0.5) is 11.4 Å². The Balaban J connectivity index is 1.51. The lowest BCUT2D eigenvalue weighted by atomic mass is 10.0. The molecule has 10 nitrogen and oxygen atoms in total. The number of ether oxygens (including phenoxy) is 1. The predicted molar refractivity (Wildman–Crippen MR) is 117 cm³/mol. The quantitative estimate of drug-likeness (QED) is 0.254. The number of nitro benzene ring substituents is 1. The molecule has 1 aliphatic heterocycles. The van der Waals surface area contributed by atoms with Gasteiger partial charge in [-0.2, -0.15) is 0 Å². The number of nitrogens with zero attached hydrogens (tertiary/aromatic N) is 4. The molecule has 0 unspecified atom stereocenters. The van der Waals surface area contributed by atoms with Crippen LogP contribution in [-0.2, 0) is 22.4 Å². The van der Waals surface area contributed by atoms with Crippen LogP contribution >= 0.6 is 0 Å². The number of nitro groups is 1. The monoisotopic (exact) mass is 440 g/mol. The maximum Gasteiger partial charge on any atom is 0.338 e. The van der Waals surface area contributed by atoms with Crippen LogP contribution in [0.1, 0.15) is 21.5 Å². The Labute approximate surface area is 184 Å². The largest absolute Gasteiger partial charge is 0.465 e. The average molecular weight is 440 g/mol. The van der Waals surface area contributed by atoms with Gasteiger partial charge in [0.1, 0.15) is 5.69 Å². The Morgan fingerprint density at radius 1 is 1.12 bits per heavy atom. The van der Waals surface area contributed by atoms with E-state index < -0.39 is 10.9 Å². The van der Waals surface area contributed by atoms with Gasteiger partial charge in [-0.25, -0.2) is 4.79 Å². The van der Waals surface area contributed by atoms with Crippen LogP contribution in [0.15, 0.2) is 47.6 Å². The maximum atomic E-state index is 12.6. The minimum Gasteiger partial charge on any atom is -0.465 e. The minimum absolute atomic E-state index is 0.0202. The van der Waals surface area contributed by atoms with E-state index in [2.05, 4.69) is 5.18 Å². The fourth-order valence-corrected chi connectivity index (χ4v) is 3.65. The van der Waals surface area contributed by atoms with E-state index in [1.165, 1.54) is 25.3 Å². The van der Waals surface area contributed by atoms with E-state index in [4.69, 9.17) is 4.74 Å². The Bertz CT molecular complexity index is 1010. The molecule has 2 aromatic rings. The number of carbonyl (C=O) groups excluding carboxylic acids is 2. The highest BCUT2D eigenvalue weighted by Crippen LogP contribution is 2.20. The molecule has 0 N–H and O–H groups in total. The van der Waals surface area contributed by atoms with Gasteiger partial charge in [0.25, 0.3) is 5.69 Å². The normalized spacial score (nSPS) is 14.3. The molecule has 2 aromatic carbocycles. The van der Waals surface area contributed by atoms with Gasteiger partial charge in [0.2, 0.25) is 5.91 Å². The molecule has 0 atom stereocenters. The van der Waals surface area contributed by atoms with Crippen molar-refractivity contribution < 1.29 is 19.2 Å². The topological polar surface area (TPSA) is 122 Å². The zero-order chi connectivity index (χ0) is 23.1. The number of hydrogen-bond acceptors (Lipinski definition) is 8. The van der Waals surface area contributed by atoms with E-state index in [1.54, 1.807) is 29.2 Å². The third-order valence-corrected chi connectivity index (χ3v) is 5.52. The molecule has 1 amide bonds. The highest BCUT2D eigenvalue weighted by Gasteiger charge is 2.24. The molecular formula is C22H24N4O6. The lowest BCUT2D eigenvalue weighted by Gasteiger charge is -2.34. The summed E-state index contributed by atoms with van der Waals surface area (Å²) in [5.74, 6) is -0.510. The fourth-order valence-electron chi connectivity index (χ4n) is 3.65. The third kappa shape index (κ3) is 5.73. The number of carbonyl (C=O) groups is 2. The van der Waals surface area contributed by atoms with Crippen LogP contribution in [0.25, 0.3) is 0 Å². The van der Waals surface area contributed by atoms with Crippen molar-refractivity contribution >= 4 is 23.3 Å². The molecule has 1 aliphatic rings. The van der Waals surface area contributed by atoms with Gasteiger partial charge >= 0.3 is 5.97 Å². The van der Waals surface area contributed by atoms with E-state index >= 15 is 0 Å². The Kier molecular flexibility index (Phi) is 7.61. The smallest absolute Gasteiger partial charge is 0.338 e. The first kappa shape index (κ1) is 23.0. The molecule has 1 fully saturated rings. The van der Waals surface area contributed by atoms with E-state index in [0.29, 0.717) is 44.6 Å². The molecule has 10 heteroatoms. The van der Waals surface area contributed by atoms with Crippen molar-refractivity contribution in [3.8, 4) is 0 Å². The van der Waals surface area contributed by atoms with Gasteiger partial charge in [-0.3, -0.25) is 19.8 Å². The number of esters is 1. The van der Waals surface area contributed by atoms with Crippen LogP contribution in [0.5, 0.6) is 0 Å². The summed E-state index contributed by atoms with van der Waals surface area (Å²) < 4.78 is 4.79. The summed E-state index contributed by atoms with van der Waals surface area (Å²) in [5, 5.41) is 13.6. The molecule has 1 heterocycles. The lowest BCUT2D eigenvalue weighted by Crippen LogP contribution is -2.51. The van der Waals surface area contributed by atoms with Gasteiger partial charge < -0.3 is 9.64 Å². The number of rotatable bonds is 9. The third-order valence-electron chi connectivity index (χ3n) is 5.52. The molecule has 168 valence electrons. The maximum absolute atomic E-state index is 12.6. The highest BCUT2D eigenvalue weighted by molar-refractivity contribution is 5.92.